The van der Waals surface area contributed by atoms with Crippen LogP contribution in [-0.4, -0.2) is 21.5 Å². The Labute approximate surface area is 168 Å². The van der Waals surface area contributed by atoms with E-state index in [2.05, 4.69) is 10.4 Å². The van der Waals surface area contributed by atoms with Gasteiger partial charge in [-0.2, -0.15) is 5.10 Å². The van der Waals surface area contributed by atoms with Crippen molar-refractivity contribution >= 4 is 29.1 Å². The number of hydrogen-bond donors (Lipinski definition) is 1. The minimum Gasteiger partial charge on any atom is -0.310 e. The molecule has 0 saturated carbocycles. The summed E-state index contributed by atoms with van der Waals surface area (Å²) < 4.78 is 1.67. The molecule has 1 unspecified atom stereocenters. The number of nitrogens with one attached hydrogen (secondary N) is 1. The van der Waals surface area contributed by atoms with Crippen LogP contribution < -0.4 is 5.32 Å². The fourth-order valence-electron chi connectivity index (χ4n) is 3.64. The van der Waals surface area contributed by atoms with E-state index >= 15 is 0 Å². The Kier molecular flexibility index (Phi) is 4.55. The van der Waals surface area contributed by atoms with Crippen molar-refractivity contribution < 1.29 is 9.59 Å². The van der Waals surface area contributed by atoms with E-state index in [0.29, 0.717) is 16.4 Å². The van der Waals surface area contributed by atoms with Crippen molar-refractivity contribution in [2.24, 2.45) is 0 Å². The summed E-state index contributed by atoms with van der Waals surface area (Å²) in [7, 11) is 0. The summed E-state index contributed by atoms with van der Waals surface area (Å²) in [6.07, 6.45) is 0.117. The van der Waals surface area contributed by atoms with Gasteiger partial charge in [-0.25, -0.2) is 4.68 Å². The van der Waals surface area contributed by atoms with Crippen LogP contribution in [-0.2, 0) is 4.79 Å². The van der Waals surface area contributed by atoms with E-state index in [4.69, 9.17) is 11.6 Å². The highest BCUT2D eigenvalue weighted by Crippen LogP contribution is 2.38. The molecular weight excluding hydrogens is 374 g/mol. The molecule has 1 amide bonds. The van der Waals surface area contributed by atoms with Gasteiger partial charge in [-0.05, 0) is 62.2 Å². The first-order valence-corrected chi connectivity index (χ1v) is 9.49. The maximum Gasteiger partial charge on any atom is 0.226 e. The van der Waals surface area contributed by atoms with Gasteiger partial charge in [0, 0.05) is 22.6 Å². The normalized spacial score (nSPS) is 15.9. The Bertz CT molecular complexity index is 1100. The van der Waals surface area contributed by atoms with Gasteiger partial charge in [0.15, 0.2) is 5.78 Å². The van der Waals surface area contributed by atoms with E-state index in [0.717, 1.165) is 28.1 Å². The number of carbonyl (C=O) groups is 2. The number of anilines is 1. The van der Waals surface area contributed by atoms with Gasteiger partial charge in [0.05, 0.1) is 17.3 Å². The molecule has 1 atom stereocenters. The molecule has 2 heterocycles. The van der Waals surface area contributed by atoms with Crippen molar-refractivity contribution in [1.29, 1.82) is 0 Å². The number of fused-ring (bicyclic) bond motifs is 1. The number of carbonyl (C=O) groups excluding carboxylic acids is 2. The quantitative estimate of drug-likeness (QED) is 0.652. The molecule has 1 aromatic heterocycles. The van der Waals surface area contributed by atoms with E-state index in [1.165, 1.54) is 0 Å². The molecule has 1 aliphatic rings. The SMILES string of the molecule is Cc1ccc(C(=O)C2CC(=O)Nc3c2c(C)nn3-c2ccc(Cl)cc2)cc1C. The zero-order chi connectivity index (χ0) is 20.0. The van der Waals surface area contributed by atoms with Crippen LogP contribution in [0.25, 0.3) is 5.69 Å². The standard InChI is InChI=1S/C22H20ClN3O2/c1-12-4-5-15(10-13(12)2)21(28)18-11-19(27)24-22-20(18)14(3)25-26(22)17-8-6-16(23)7-9-17/h4-10,18H,11H2,1-3H3,(H,24,27). The fourth-order valence-corrected chi connectivity index (χ4v) is 3.76. The average molecular weight is 394 g/mol. The predicted octanol–water partition coefficient (Wildman–Crippen LogP) is 4.76. The van der Waals surface area contributed by atoms with Crippen LogP contribution in [0.1, 0.15) is 45.1 Å². The zero-order valence-electron chi connectivity index (χ0n) is 15.9. The monoisotopic (exact) mass is 393 g/mol. The third kappa shape index (κ3) is 3.12. The highest BCUT2D eigenvalue weighted by atomic mass is 35.5. The van der Waals surface area contributed by atoms with Crippen molar-refractivity contribution in [3.8, 4) is 5.69 Å². The lowest BCUT2D eigenvalue weighted by Crippen LogP contribution is -2.28. The number of nitrogens with zero attached hydrogens (tertiary/aromatic N) is 2. The molecule has 4 rings (SSSR count). The lowest BCUT2D eigenvalue weighted by atomic mass is 9.85. The van der Waals surface area contributed by atoms with Gasteiger partial charge in [-0.3, -0.25) is 9.59 Å². The van der Waals surface area contributed by atoms with E-state index in [1.807, 2.05) is 51.1 Å². The van der Waals surface area contributed by atoms with Gasteiger partial charge in [0.2, 0.25) is 5.91 Å². The average Bonchev–Trinajstić information content (AvgIpc) is 3.00. The van der Waals surface area contributed by atoms with Crippen LogP contribution in [0.15, 0.2) is 42.5 Å². The summed E-state index contributed by atoms with van der Waals surface area (Å²) in [4.78, 5) is 25.7. The van der Waals surface area contributed by atoms with E-state index in [9.17, 15) is 9.59 Å². The second-order valence-corrected chi connectivity index (χ2v) is 7.64. The summed E-state index contributed by atoms with van der Waals surface area (Å²) in [5.74, 6) is -0.243. The number of Topliss-reactive ketones (excluding diaryl/α,β-unsaturated/α-hetero) is 1. The first-order valence-electron chi connectivity index (χ1n) is 9.12. The molecule has 2 aromatic carbocycles. The molecule has 0 bridgehead atoms. The van der Waals surface area contributed by atoms with Gasteiger partial charge in [0.25, 0.3) is 0 Å². The van der Waals surface area contributed by atoms with Crippen LogP contribution in [0.5, 0.6) is 0 Å². The van der Waals surface area contributed by atoms with Gasteiger partial charge in [-0.1, -0.05) is 23.7 Å². The number of aryl methyl sites for hydroxylation is 3. The van der Waals surface area contributed by atoms with Crippen molar-refractivity contribution in [3.05, 3.63) is 75.4 Å². The third-order valence-electron chi connectivity index (χ3n) is 5.28. The Morgan fingerprint density at radius 1 is 1.11 bits per heavy atom. The zero-order valence-corrected chi connectivity index (χ0v) is 16.7. The minimum atomic E-state index is -0.549. The molecule has 142 valence electrons. The van der Waals surface area contributed by atoms with Gasteiger partial charge in [-0.15, -0.1) is 0 Å². The Hall–Kier alpha value is -2.92. The number of hydrogen-bond acceptors (Lipinski definition) is 3. The lowest BCUT2D eigenvalue weighted by Gasteiger charge is -2.23. The molecule has 6 heteroatoms. The summed E-state index contributed by atoms with van der Waals surface area (Å²) in [5.41, 5.74) is 5.08. The Morgan fingerprint density at radius 2 is 1.82 bits per heavy atom. The molecule has 28 heavy (non-hydrogen) atoms. The van der Waals surface area contributed by atoms with Crippen LogP contribution in [0.2, 0.25) is 5.02 Å². The number of rotatable bonds is 3. The molecule has 5 nitrogen and oxygen atoms in total. The summed E-state index contributed by atoms with van der Waals surface area (Å²) >= 11 is 5.98. The maximum atomic E-state index is 13.3. The first-order chi connectivity index (χ1) is 13.3. The largest absolute Gasteiger partial charge is 0.310 e. The molecule has 0 fully saturated rings. The van der Waals surface area contributed by atoms with Crippen molar-refractivity contribution in [1.82, 2.24) is 9.78 Å². The number of ketones is 1. The molecule has 0 saturated heterocycles. The summed E-state index contributed by atoms with van der Waals surface area (Å²) in [5, 5.41) is 8.11. The van der Waals surface area contributed by atoms with Crippen LogP contribution in [0.4, 0.5) is 5.82 Å². The van der Waals surface area contributed by atoms with E-state index in [-0.39, 0.29) is 18.1 Å². The summed E-state index contributed by atoms with van der Waals surface area (Å²) in [6, 6.07) is 12.9. The predicted molar refractivity (Wildman–Crippen MR) is 110 cm³/mol. The second-order valence-electron chi connectivity index (χ2n) is 7.20. The Morgan fingerprint density at radius 3 is 2.50 bits per heavy atom. The van der Waals surface area contributed by atoms with Crippen LogP contribution >= 0.6 is 11.6 Å². The van der Waals surface area contributed by atoms with Crippen molar-refractivity contribution in [2.75, 3.05) is 5.32 Å². The van der Waals surface area contributed by atoms with Gasteiger partial charge < -0.3 is 5.32 Å². The van der Waals surface area contributed by atoms with Crippen molar-refractivity contribution in [2.45, 2.75) is 33.1 Å². The molecule has 1 N–H and O–H groups in total. The molecule has 3 aromatic rings. The first kappa shape index (κ1) is 18.4. The van der Waals surface area contributed by atoms with Crippen LogP contribution in [0.3, 0.4) is 0 Å². The smallest absolute Gasteiger partial charge is 0.226 e. The maximum absolute atomic E-state index is 13.3. The molecule has 0 radical (unpaired) electrons. The number of aromatic nitrogens is 2. The van der Waals surface area contributed by atoms with Gasteiger partial charge in [0.1, 0.15) is 5.82 Å². The van der Waals surface area contributed by atoms with Gasteiger partial charge >= 0.3 is 0 Å². The molecular formula is C22H20ClN3O2. The van der Waals surface area contributed by atoms with E-state index < -0.39 is 5.92 Å². The Balaban J connectivity index is 1.81. The second kappa shape index (κ2) is 6.91. The molecule has 0 spiro atoms. The number of benzene rings is 2. The highest BCUT2D eigenvalue weighted by molar-refractivity contribution is 6.30. The minimum absolute atomic E-state index is 0.0574. The summed E-state index contributed by atoms with van der Waals surface area (Å²) in [6.45, 7) is 5.86. The van der Waals surface area contributed by atoms with Crippen LogP contribution in [0, 0.1) is 20.8 Å². The fraction of sp³-hybridized carbons (Fsp3) is 0.227. The van der Waals surface area contributed by atoms with Crippen molar-refractivity contribution in [3.63, 3.8) is 0 Å². The lowest BCUT2D eigenvalue weighted by molar-refractivity contribution is -0.116. The topological polar surface area (TPSA) is 64.0 Å². The number of amides is 1. The molecule has 0 aliphatic carbocycles. The third-order valence-corrected chi connectivity index (χ3v) is 5.53. The number of halogens is 1. The molecule has 1 aliphatic heterocycles. The highest BCUT2D eigenvalue weighted by Gasteiger charge is 2.36. The van der Waals surface area contributed by atoms with E-state index in [1.54, 1.807) is 16.8 Å².